The lowest BCUT2D eigenvalue weighted by Crippen LogP contribution is -2.39. The lowest BCUT2D eigenvalue weighted by Gasteiger charge is -2.39. The zero-order valence-corrected chi connectivity index (χ0v) is 13.7. The van der Waals surface area contributed by atoms with E-state index in [1.54, 1.807) is 5.57 Å². The molecule has 116 valence electrons. The van der Waals surface area contributed by atoms with Gasteiger partial charge in [0.2, 0.25) is 0 Å². The molecule has 5 rings (SSSR count). The maximum Gasteiger partial charge on any atom is 0.169 e. The third-order valence-corrected chi connectivity index (χ3v) is 6.64. The van der Waals surface area contributed by atoms with Crippen LogP contribution < -0.4 is 0 Å². The smallest absolute Gasteiger partial charge is 0.169 e. The number of rotatable bonds is 1. The molecule has 3 aliphatic carbocycles. The van der Waals surface area contributed by atoms with Crippen molar-refractivity contribution in [2.75, 3.05) is 0 Å². The van der Waals surface area contributed by atoms with Crippen molar-refractivity contribution in [2.24, 2.45) is 11.3 Å². The van der Waals surface area contributed by atoms with Gasteiger partial charge in [0.1, 0.15) is 0 Å². The Kier molecular flexibility index (Phi) is 2.69. The van der Waals surface area contributed by atoms with E-state index in [9.17, 15) is 4.79 Å². The van der Waals surface area contributed by atoms with Crippen LogP contribution in [-0.2, 0) is 12.8 Å². The summed E-state index contributed by atoms with van der Waals surface area (Å²) in [7, 11) is 0. The number of carbonyl (C=O) groups is 1. The third kappa shape index (κ3) is 1.71. The summed E-state index contributed by atoms with van der Waals surface area (Å²) in [6.07, 6.45) is 8.89. The number of benzene rings is 2. The molecule has 0 N–H and O–H groups in total. The maximum atomic E-state index is 13.4. The van der Waals surface area contributed by atoms with Crippen molar-refractivity contribution in [1.82, 2.24) is 0 Å². The zero-order valence-electron chi connectivity index (χ0n) is 13.7. The van der Waals surface area contributed by atoms with Crippen LogP contribution in [0, 0.1) is 11.3 Å². The Bertz CT molecular complexity index is 873. The number of ketones is 1. The van der Waals surface area contributed by atoms with E-state index in [2.05, 4.69) is 43.3 Å². The second-order valence-corrected chi connectivity index (χ2v) is 7.66. The van der Waals surface area contributed by atoms with Crippen LogP contribution in [0.1, 0.15) is 54.1 Å². The Morgan fingerprint density at radius 3 is 2.91 bits per heavy atom. The van der Waals surface area contributed by atoms with Gasteiger partial charge >= 0.3 is 0 Å². The lowest BCUT2D eigenvalue weighted by molar-refractivity contribution is 0.0671. The first-order valence-corrected chi connectivity index (χ1v) is 8.98. The van der Waals surface area contributed by atoms with E-state index < -0.39 is 0 Å². The van der Waals surface area contributed by atoms with Crippen LogP contribution in [0.25, 0.3) is 10.8 Å². The molecule has 1 spiro atoms. The molecule has 0 radical (unpaired) electrons. The number of Topliss-reactive ketones (excluding diaryl/α,β-unsaturated/α-hetero) is 1. The monoisotopic (exact) mass is 302 g/mol. The van der Waals surface area contributed by atoms with Crippen LogP contribution in [0.2, 0.25) is 0 Å². The largest absolute Gasteiger partial charge is 0.294 e. The quantitative estimate of drug-likeness (QED) is 0.657. The van der Waals surface area contributed by atoms with Gasteiger partial charge in [0.25, 0.3) is 0 Å². The minimum Gasteiger partial charge on any atom is -0.294 e. The predicted molar refractivity (Wildman–Crippen MR) is 93.8 cm³/mol. The molecule has 1 saturated carbocycles. The Balaban J connectivity index is 1.67. The highest BCUT2D eigenvalue weighted by atomic mass is 16.1. The summed E-state index contributed by atoms with van der Waals surface area (Å²) in [4.78, 5) is 13.4. The third-order valence-electron chi connectivity index (χ3n) is 6.64. The normalized spacial score (nSPS) is 28.5. The molecule has 2 bridgehead atoms. The Hall–Kier alpha value is -1.89. The lowest BCUT2D eigenvalue weighted by atomic mass is 9.63. The van der Waals surface area contributed by atoms with Crippen LogP contribution in [0.4, 0.5) is 0 Å². The molecule has 23 heavy (non-hydrogen) atoms. The summed E-state index contributed by atoms with van der Waals surface area (Å²) >= 11 is 0. The van der Waals surface area contributed by atoms with Crippen molar-refractivity contribution in [3.63, 3.8) is 0 Å². The first kappa shape index (κ1) is 13.5. The molecule has 0 saturated heterocycles. The van der Waals surface area contributed by atoms with Gasteiger partial charge in [0, 0.05) is 11.0 Å². The van der Waals surface area contributed by atoms with Crippen LogP contribution in [0.3, 0.4) is 0 Å². The molecule has 1 heteroatoms. The highest BCUT2D eigenvalue weighted by Crippen LogP contribution is 2.58. The molecule has 2 unspecified atom stereocenters. The molecule has 2 aromatic rings. The molecule has 0 aromatic heterocycles. The second-order valence-electron chi connectivity index (χ2n) is 7.66. The van der Waals surface area contributed by atoms with Gasteiger partial charge in [-0.05, 0) is 72.4 Å². The Labute approximate surface area is 137 Å². The van der Waals surface area contributed by atoms with E-state index in [0.717, 1.165) is 37.7 Å². The number of hydrogen-bond acceptors (Lipinski definition) is 1. The summed E-state index contributed by atoms with van der Waals surface area (Å²) in [5.41, 5.74) is 5.17. The molecule has 0 aliphatic heterocycles. The molecule has 1 fully saturated rings. The van der Waals surface area contributed by atoms with Crippen LogP contribution in [0.5, 0.6) is 0 Å². The number of carbonyl (C=O) groups excluding carboxylic acids is 1. The van der Waals surface area contributed by atoms with E-state index in [1.807, 2.05) is 0 Å². The SMILES string of the molecule is CCc1cccc2cc3c(cc12)CCC1(CC2=CCC1C2)C3=O. The van der Waals surface area contributed by atoms with Gasteiger partial charge in [0.15, 0.2) is 5.78 Å². The summed E-state index contributed by atoms with van der Waals surface area (Å²) < 4.78 is 0. The summed E-state index contributed by atoms with van der Waals surface area (Å²) in [5.74, 6) is 1.02. The van der Waals surface area contributed by atoms with Crippen molar-refractivity contribution in [2.45, 2.75) is 45.4 Å². The van der Waals surface area contributed by atoms with Gasteiger partial charge < -0.3 is 0 Å². The molecule has 0 heterocycles. The van der Waals surface area contributed by atoms with Crippen molar-refractivity contribution < 1.29 is 4.79 Å². The molecular formula is C22H22O. The van der Waals surface area contributed by atoms with Crippen molar-refractivity contribution in [3.8, 4) is 0 Å². The Morgan fingerprint density at radius 1 is 1.26 bits per heavy atom. The van der Waals surface area contributed by atoms with E-state index in [4.69, 9.17) is 0 Å². The minimum absolute atomic E-state index is 0.0624. The highest BCUT2D eigenvalue weighted by Gasteiger charge is 2.53. The maximum absolute atomic E-state index is 13.4. The Morgan fingerprint density at radius 2 is 2.17 bits per heavy atom. The molecule has 2 atom stereocenters. The van der Waals surface area contributed by atoms with Gasteiger partial charge in [-0.15, -0.1) is 0 Å². The number of hydrogen-bond donors (Lipinski definition) is 0. The van der Waals surface area contributed by atoms with Gasteiger partial charge in [0.05, 0.1) is 0 Å². The molecule has 0 amide bonds. The van der Waals surface area contributed by atoms with Crippen LogP contribution in [-0.4, -0.2) is 5.78 Å². The summed E-state index contributed by atoms with van der Waals surface area (Å²) in [5, 5.41) is 2.57. The van der Waals surface area contributed by atoms with Gasteiger partial charge in [-0.25, -0.2) is 0 Å². The molecule has 2 aromatic carbocycles. The number of fused-ring (bicyclic) bond motifs is 5. The van der Waals surface area contributed by atoms with E-state index >= 15 is 0 Å². The second kappa shape index (κ2) is 4.56. The van der Waals surface area contributed by atoms with E-state index in [-0.39, 0.29) is 5.41 Å². The summed E-state index contributed by atoms with van der Waals surface area (Å²) in [6, 6.07) is 11.0. The van der Waals surface area contributed by atoms with Gasteiger partial charge in [-0.1, -0.05) is 42.8 Å². The molecule has 1 nitrogen and oxygen atoms in total. The van der Waals surface area contributed by atoms with E-state index in [1.165, 1.54) is 28.3 Å². The van der Waals surface area contributed by atoms with Crippen molar-refractivity contribution in [3.05, 3.63) is 58.7 Å². The fourth-order valence-corrected chi connectivity index (χ4v) is 5.37. The fraction of sp³-hybridized carbons (Fsp3) is 0.409. The van der Waals surface area contributed by atoms with Crippen molar-refractivity contribution in [1.29, 1.82) is 0 Å². The van der Waals surface area contributed by atoms with E-state index in [0.29, 0.717) is 11.7 Å². The molecule has 3 aliphatic rings. The first-order valence-electron chi connectivity index (χ1n) is 8.98. The van der Waals surface area contributed by atoms with Gasteiger partial charge in [-0.2, -0.15) is 0 Å². The van der Waals surface area contributed by atoms with Crippen molar-refractivity contribution >= 4 is 16.6 Å². The minimum atomic E-state index is -0.0624. The number of aryl methyl sites for hydroxylation is 2. The standard InChI is InChI=1S/C22H22O/c1-2-15-4-3-5-16-12-20-17(11-19(15)16)8-9-22(21(20)23)13-14-6-7-18(22)10-14/h3-6,11-12,18H,2,7-10,13H2,1H3. The zero-order chi connectivity index (χ0) is 15.6. The average molecular weight is 302 g/mol. The first-order chi connectivity index (χ1) is 11.2. The fourth-order valence-electron chi connectivity index (χ4n) is 5.37. The number of allylic oxidation sites excluding steroid dienone is 2. The highest BCUT2D eigenvalue weighted by molar-refractivity contribution is 6.07. The molecular weight excluding hydrogens is 280 g/mol. The van der Waals surface area contributed by atoms with Crippen LogP contribution in [0.15, 0.2) is 42.0 Å². The average Bonchev–Trinajstić information content (AvgIpc) is 3.18. The predicted octanol–water partition coefficient (Wildman–Crippen LogP) is 5.26. The topological polar surface area (TPSA) is 17.1 Å². The summed E-state index contributed by atoms with van der Waals surface area (Å²) in [6.45, 7) is 2.21. The van der Waals surface area contributed by atoms with Crippen LogP contribution >= 0.6 is 0 Å². The van der Waals surface area contributed by atoms with Gasteiger partial charge in [-0.3, -0.25) is 4.79 Å².